The normalized spacial score (nSPS) is 29.5. The summed E-state index contributed by atoms with van der Waals surface area (Å²) in [5, 5.41) is 5.96. The minimum Gasteiger partial charge on any atom is -0.376 e. The topological polar surface area (TPSA) is 85.3 Å². The summed E-state index contributed by atoms with van der Waals surface area (Å²) in [5.74, 6) is 0.276. The zero-order chi connectivity index (χ0) is 15.5. The van der Waals surface area contributed by atoms with E-state index in [0.717, 1.165) is 19.4 Å². The van der Waals surface area contributed by atoms with E-state index < -0.39 is 0 Å². The zero-order valence-electron chi connectivity index (χ0n) is 12.7. The van der Waals surface area contributed by atoms with Crippen LogP contribution in [0.2, 0.25) is 0 Å². The zero-order valence-corrected chi connectivity index (χ0v) is 12.7. The summed E-state index contributed by atoms with van der Waals surface area (Å²) >= 11 is 0. The van der Waals surface area contributed by atoms with Crippen molar-refractivity contribution >= 4 is 11.8 Å². The van der Waals surface area contributed by atoms with Crippen LogP contribution in [0.5, 0.6) is 0 Å². The first-order valence-corrected chi connectivity index (χ1v) is 7.79. The standard InChI is InChI=1S/C15H22N4O3/c1-10(20)17-14-13(11-4-8-22-15(11)14)18-12(21)3-2-6-19-7-5-16-9-19/h5,7,9,11,13-15H,2-4,6,8H2,1H3,(H,17,20)(H,18,21)/t11-,13+,14-,15-/m1/s1. The maximum Gasteiger partial charge on any atom is 0.220 e. The Balaban J connectivity index is 1.46. The van der Waals surface area contributed by atoms with Gasteiger partial charge in [-0.2, -0.15) is 0 Å². The molecule has 7 nitrogen and oxygen atoms in total. The Morgan fingerprint density at radius 1 is 1.36 bits per heavy atom. The molecule has 2 fully saturated rings. The third kappa shape index (κ3) is 3.14. The van der Waals surface area contributed by atoms with E-state index in [1.165, 1.54) is 6.92 Å². The van der Waals surface area contributed by atoms with Crippen molar-refractivity contribution in [3.63, 3.8) is 0 Å². The highest BCUT2D eigenvalue weighted by Gasteiger charge is 2.54. The quantitative estimate of drug-likeness (QED) is 0.779. The summed E-state index contributed by atoms with van der Waals surface area (Å²) in [5.41, 5.74) is 0. The van der Waals surface area contributed by atoms with Crippen LogP contribution in [-0.4, -0.2) is 46.2 Å². The molecule has 22 heavy (non-hydrogen) atoms. The molecule has 1 saturated carbocycles. The molecule has 120 valence electrons. The van der Waals surface area contributed by atoms with E-state index in [4.69, 9.17) is 4.74 Å². The van der Waals surface area contributed by atoms with Crippen LogP contribution in [0.15, 0.2) is 18.7 Å². The van der Waals surface area contributed by atoms with Gasteiger partial charge < -0.3 is 19.9 Å². The maximum atomic E-state index is 12.1. The van der Waals surface area contributed by atoms with Gasteiger partial charge in [0.05, 0.1) is 24.5 Å². The van der Waals surface area contributed by atoms with Crippen LogP contribution in [0.3, 0.4) is 0 Å². The van der Waals surface area contributed by atoms with E-state index in [0.29, 0.717) is 18.9 Å². The van der Waals surface area contributed by atoms with Gasteiger partial charge in [0, 0.05) is 44.8 Å². The number of rotatable bonds is 6. The number of aryl methyl sites for hydroxylation is 1. The number of nitrogens with one attached hydrogen (secondary N) is 2. The fourth-order valence-corrected chi connectivity index (χ4v) is 3.41. The Morgan fingerprint density at radius 2 is 2.23 bits per heavy atom. The lowest BCUT2D eigenvalue weighted by Gasteiger charge is -2.47. The summed E-state index contributed by atoms with van der Waals surface area (Å²) < 4.78 is 7.59. The monoisotopic (exact) mass is 306 g/mol. The van der Waals surface area contributed by atoms with Crippen LogP contribution in [0, 0.1) is 5.92 Å². The summed E-state index contributed by atoms with van der Waals surface area (Å²) in [4.78, 5) is 27.4. The van der Waals surface area contributed by atoms with Crippen molar-refractivity contribution in [3.8, 4) is 0 Å². The summed E-state index contributed by atoms with van der Waals surface area (Å²) in [6.45, 7) is 2.98. The molecule has 3 rings (SSSR count). The molecule has 0 bridgehead atoms. The Bertz CT molecular complexity index is 531. The van der Waals surface area contributed by atoms with Gasteiger partial charge in [-0.1, -0.05) is 0 Å². The molecule has 1 aromatic heterocycles. The Morgan fingerprint density at radius 3 is 2.95 bits per heavy atom. The first kappa shape index (κ1) is 15.0. The molecule has 0 unspecified atom stereocenters. The van der Waals surface area contributed by atoms with E-state index in [2.05, 4.69) is 15.6 Å². The van der Waals surface area contributed by atoms with E-state index in [1.54, 1.807) is 12.5 Å². The SMILES string of the molecule is CC(=O)N[C@@H]1[C@@H](NC(=O)CCCn2ccnc2)[C@H]2CCO[C@H]21. The van der Waals surface area contributed by atoms with Gasteiger partial charge in [-0.05, 0) is 12.8 Å². The number of fused-ring (bicyclic) bond motifs is 1. The van der Waals surface area contributed by atoms with Crippen molar-refractivity contribution in [1.82, 2.24) is 20.2 Å². The van der Waals surface area contributed by atoms with E-state index >= 15 is 0 Å². The largest absolute Gasteiger partial charge is 0.376 e. The number of hydrogen-bond acceptors (Lipinski definition) is 4. The lowest BCUT2D eigenvalue weighted by molar-refractivity contribution is -0.130. The lowest BCUT2D eigenvalue weighted by Crippen LogP contribution is -2.70. The highest BCUT2D eigenvalue weighted by molar-refractivity contribution is 5.77. The molecule has 0 radical (unpaired) electrons. The van der Waals surface area contributed by atoms with Crippen molar-refractivity contribution in [2.24, 2.45) is 5.92 Å². The molecule has 1 aromatic rings. The third-order valence-electron chi connectivity index (χ3n) is 4.46. The smallest absolute Gasteiger partial charge is 0.220 e. The number of hydrogen-bond donors (Lipinski definition) is 2. The second-order valence-corrected chi connectivity index (χ2v) is 6.01. The van der Waals surface area contributed by atoms with Crippen molar-refractivity contribution in [1.29, 1.82) is 0 Å². The summed E-state index contributed by atoms with van der Waals surface area (Å²) in [7, 11) is 0. The fourth-order valence-electron chi connectivity index (χ4n) is 3.41. The fraction of sp³-hybridized carbons (Fsp3) is 0.667. The van der Waals surface area contributed by atoms with Crippen molar-refractivity contribution in [2.45, 2.75) is 50.9 Å². The molecule has 0 spiro atoms. The minimum absolute atomic E-state index is 0.00264. The summed E-state index contributed by atoms with van der Waals surface area (Å²) in [6.07, 6.45) is 7.60. The number of nitrogens with zero attached hydrogens (tertiary/aromatic N) is 2. The predicted octanol–water partition coefficient (Wildman–Crippen LogP) is 0.0715. The van der Waals surface area contributed by atoms with Crippen LogP contribution in [0.4, 0.5) is 0 Å². The van der Waals surface area contributed by atoms with E-state index in [1.807, 2.05) is 10.8 Å². The van der Waals surface area contributed by atoms with Crippen molar-refractivity contribution < 1.29 is 14.3 Å². The van der Waals surface area contributed by atoms with Gasteiger partial charge in [0.2, 0.25) is 11.8 Å². The number of aromatic nitrogens is 2. The van der Waals surface area contributed by atoms with Crippen molar-refractivity contribution in [2.75, 3.05) is 6.61 Å². The average Bonchev–Trinajstić information content (AvgIpc) is 3.12. The number of ether oxygens (including phenoxy) is 1. The molecular formula is C15H22N4O3. The van der Waals surface area contributed by atoms with Gasteiger partial charge in [0.25, 0.3) is 0 Å². The average molecular weight is 306 g/mol. The molecule has 1 aliphatic carbocycles. The van der Waals surface area contributed by atoms with Crippen LogP contribution < -0.4 is 10.6 Å². The Kier molecular flexibility index (Phi) is 4.42. The van der Waals surface area contributed by atoms with E-state index in [-0.39, 0.29) is 30.0 Å². The van der Waals surface area contributed by atoms with Crippen molar-refractivity contribution in [3.05, 3.63) is 18.7 Å². The molecule has 1 aliphatic heterocycles. The molecule has 4 atom stereocenters. The number of amides is 2. The van der Waals surface area contributed by atoms with Gasteiger partial charge in [0.15, 0.2) is 0 Å². The highest BCUT2D eigenvalue weighted by Crippen LogP contribution is 2.39. The van der Waals surface area contributed by atoms with Gasteiger partial charge in [0.1, 0.15) is 0 Å². The molecule has 2 N–H and O–H groups in total. The second kappa shape index (κ2) is 6.48. The maximum absolute atomic E-state index is 12.1. The Hall–Kier alpha value is -1.89. The lowest BCUT2D eigenvalue weighted by atomic mass is 9.71. The predicted molar refractivity (Wildman–Crippen MR) is 78.8 cm³/mol. The number of carbonyl (C=O) groups excluding carboxylic acids is 2. The third-order valence-corrected chi connectivity index (χ3v) is 4.46. The molecule has 2 aliphatic rings. The minimum atomic E-state index is -0.0948. The van der Waals surface area contributed by atoms with Crippen LogP contribution in [0.25, 0.3) is 0 Å². The van der Waals surface area contributed by atoms with Gasteiger partial charge in [-0.3, -0.25) is 9.59 Å². The second-order valence-electron chi connectivity index (χ2n) is 6.01. The van der Waals surface area contributed by atoms with Crippen LogP contribution in [-0.2, 0) is 20.9 Å². The molecule has 1 saturated heterocycles. The molecule has 7 heteroatoms. The molecule has 2 amide bonds. The first-order valence-electron chi connectivity index (χ1n) is 7.79. The van der Waals surface area contributed by atoms with Crippen LogP contribution in [0.1, 0.15) is 26.2 Å². The Labute approximate surface area is 129 Å². The van der Waals surface area contributed by atoms with E-state index in [9.17, 15) is 9.59 Å². The van der Waals surface area contributed by atoms with Crippen LogP contribution >= 0.6 is 0 Å². The summed E-state index contributed by atoms with van der Waals surface area (Å²) in [6, 6.07) is -0.0975. The first-order chi connectivity index (χ1) is 10.6. The highest BCUT2D eigenvalue weighted by atomic mass is 16.5. The number of carbonyl (C=O) groups is 2. The van der Waals surface area contributed by atoms with Gasteiger partial charge >= 0.3 is 0 Å². The van der Waals surface area contributed by atoms with Gasteiger partial charge in [-0.25, -0.2) is 4.98 Å². The molecule has 2 heterocycles. The molecule has 0 aromatic carbocycles. The van der Waals surface area contributed by atoms with Gasteiger partial charge in [-0.15, -0.1) is 0 Å². The molecular weight excluding hydrogens is 284 g/mol. The number of imidazole rings is 1.